The van der Waals surface area contributed by atoms with Crippen LogP contribution in [-0.4, -0.2) is 34.3 Å². The molecule has 3 amide bonds. The lowest BCUT2D eigenvalue weighted by atomic mass is 10.0. The minimum atomic E-state index is -0.645. The minimum Gasteiger partial charge on any atom is -0.493 e. The molecule has 10 heteroatoms. The summed E-state index contributed by atoms with van der Waals surface area (Å²) in [5.41, 5.74) is 7.62. The molecule has 1 atom stereocenters. The highest BCUT2D eigenvalue weighted by molar-refractivity contribution is 14.1. The molecular formula is C23H23ClIN3O5. The average molecular weight is 584 g/mol. The second-order valence-electron chi connectivity index (χ2n) is 8.00. The first-order valence-electron chi connectivity index (χ1n) is 10.4. The molecule has 2 aliphatic rings. The Morgan fingerprint density at radius 1 is 1.27 bits per heavy atom. The number of hydrogen-bond donors (Lipinski definition) is 2. The molecule has 0 aromatic heterocycles. The zero-order valence-corrected chi connectivity index (χ0v) is 20.8. The first-order chi connectivity index (χ1) is 15.8. The minimum absolute atomic E-state index is 0.0119. The molecule has 2 aromatic rings. The number of benzene rings is 2. The number of halogens is 2. The van der Waals surface area contributed by atoms with E-state index in [1.165, 1.54) is 7.11 Å². The lowest BCUT2D eigenvalue weighted by molar-refractivity contribution is -0.119. The molecule has 3 N–H and O–H groups in total. The van der Waals surface area contributed by atoms with Crippen molar-refractivity contribution in [3.05, 3.63) is 52.0 Å². The second-order valence-corrected chi connectivity index (χ2v) is 9.03. The van der Waals surface area contributed by atoms with Gasteiger partial charge in [-0.25, -0.2) is 0 Å². The summed E-state index contributed by atoms with van der Waals surface area (Å²) in [5, 5.41) is 3.29. The van der Waals surface area contributed by atoms with Crippen molar-refractivity contribution in [2.24, 2.45) is 11.7 Å². The quantitative estimate of drug-likeness (QED) is 0.342. The monoisotopic (exact) mass is 583 g/mol. The Bertz CT molecular complexity index is 1120. The van der Waals surface area contributed by atoms with Crippen LogP contribution in [0.5, 0.6) is 11.5 Å². The van der Waals surface area contributed by atoms with Gasteiger partial charge in [0.15, 0.2) is 11.5 Å². The Morgan fingerprint density at radius 2 is 2.03 bits per heavy atom. The van der Waals surface area contributed by atoms with Gasteiger partial charge in [0.25, 0.3) is 5.91 Å². The standard InChI is InChI=1S/C23H23ClIN3O5/c1-32-18-7-4-13(8-19(18)33-11-25)17(9-20(26)29)28-10-14-15(24)5-6-16(21(14)23(28)31)27-22(30)12-2-3-12/h4-8,12,17H,2-3,9-11H2,1H3,(H2,26,29)(H,27,30)/t17-/m1/s1. The average Bonchev–Trinajstić information content (AvgIpc) is 3.58. The zero-order chi connectivity index (χ0) is 23.7. The number of nitrogens with two attached hydrogens (primary N) is 1. The van der Waals surface area contributed by atoms with E-state index < -0.39 is 11.9 Å². The molecule has 1 fully saturated rings. The predicted molar refractivity (Wildman–Crippen MR) is 132 cm³/mol. The maximum Gasteiger partial charge on any atom is 0.257 e. The molecule has 4 rings (SSSR count). The van der Waals surface area contributed by atoms with Crippen LogP contribution < -0.4 is 20.5 Å². The third-order valence-electron chi connectivity index (χ3n) is 5.82. The number of alkyl halides is 1. The molecule has 1 aliphatic heterocycles. The van der Waals surface area contributed by atoms with Crippen LogP contribution in [-0.2, 0) is 16.1 Å². The molecule has 0 saturated heterocycles. The summed E-state index contributed by atoms with van der Waals surface area (Å²) in [6, 6.07) is 7.92. The van der Waals surface area contributed by atoms with Gasteiger partial charge < -0.3 is 25.4 Å². The number of carbonyl (C=O) groups excluding carboxylic acids is 3. The summed E-state index contributed by atoms with van der Waals surface area (Å²) in [4.78, 5) is 39.4. The summed E-state index contributed by atoms with van der Waals surface area (Å²) in [6.45, 7) is 0.187. The van der Waals surface area contributed by atoms with Gasteiger partial charge in [0, 0.05) is 23.0 Å². The van der Waals surface area contributed by atoms with E-state index in [0.29, 0.717) is 43.5 Å². The Labute approximate surface area is 209 Å². The summed E-state index contributed by atoms with van der Waals surface area (Å²) in [7, 11) is 1.54. The van der Waals surface area contributed by atoms with E-state index >= 15 is 0 Å². The van der Waals surface area contributed by atoms with Crippen molar-refractivity contribution in [1.82, 2.24) is 4.90 Å². The van der Waals surface area contributed by atoms with E-state index in [2.05, 4.69) is 27.9 Å². The molecule has 0 spiro atoms. The normalized spacial score (nSPS) is 15.7. The van der Waals surface area contributed by atoms with Gasteiger partial charge in [0.2, 0.25) is 11.8 Å². The van der Waals surface area contributed by atoms with Crippen molar-refractivity contribution in [3.63, 3.8) is 0 Å². The van der Waals surface area contributed by atoms with E-state index in [4.69, 9.17) is 26.8 Å². The van der Waals surface area contributed by atoms with Crippen LogP contribution in [0.1, 0.15) is 46.8 Å². The number of ether oxygens (including phenoxy) is 2. The topological polar surface area (TPSA) is 111 Å². The van der Waals surface area contributed by atoms with Crippen LogP contribution in [0.15, 0.2) is 30.3 Å². The lowest BCUT2D eigenvalue weighted by Gasteiger charge is -2.28. The molecule has 1 heterocycles. The van der Waals surface area contributed by atoms with Gasteiger partial charge in [0.05, 0.1) is 30.8 Å². The van der Waals surface area contributed by atoms with E-state index in [1.54, 1.807) is 35.2 Å². The van der Waals surface area contributed by atoms with Gasteiger partial charge in [-0.1, -0.05) is 17.7 Å². The van der Waals surface area contributed by atoms with E-state index in [1.807, 2.05) is 0 Å². The maximum atomic E-state index is 13.6. The molecule has 33 heavy (non-hydrogen) atoms. The largest absolute Gasteiger partial charge is 0.493 e. The fourth-order valence-corrected chi connectivity index (χ4v) is 4.57. The van der Waals surface area contributed by atoms with E-state index in [9.17, 15) is 14.4 Å². The molecule has 1 aliphatic carbocycles. The number of primary amides is 1. The van der Waals surface area contributed by atoms with Crippen LogP contribution in [0.3, 0.4) is 0 Å². The van der Waals surface area contributed by atoms with Crippen LogP contribution in [0.4, 0.5) is 5.69 Å². The predicted octanol–water partition coefficient (Wildman–Crippen LogP) is 4.04. The molecule has 0 unspecified atom stereocenters. The third-order valence-corrected chi connectivity index (χ3v) is 6.48. The number of hydrogen-bond acceptors (Lipinski definition) is 5. The summed E-state index contributed by atoms with van der Waals surface area (Å²) >= 11 is 8.50. The number of anilines is 1. The van der Waals surface area contributed by atoms with Crippen molar-refractivity contribution in [2.45, 2.75) is 31.8 Å². The van der Waals surface area contributed by atoms with Gasteiger partial charge in [-0.2, -0.15) is 0 Å². The number of carbonyl (C=O) groups is 3. The van der Waals surface area contributed by atoms with Gasteiger partial charge in [0.1, 0.15) is 4.61 Å². The van der Waals surface area contributed by atoms with Crippen molar-refractivity contribution in [1.29, 1.82) is 0 Å². The number of fused-ring (bicyclic) bond motifs is 1. The number of methoxy groups -OCH3 is 1. The Hall–Kier alpha value is -2.53. The molecule has 0 bridgehead atoms. The third kappa shape index (κ3) is 4.89. The number of amides is 3. The summed E-state index contributed by atoms with van der Waals surface area (Å²) in [6.07, 6.45) is 1.61. The summed E-state index contributed by atoms with van der Waals surface area (Å²) in [5.74, 6) is 0.0505. The highest BCUT2D eigenvalue weighted by Crippen LogP contribution is 2.42. The van der Waals surface area contributed by atoms with E-state index in [0.717, 1.165) is 12.8 Å². The van der Waals surface area contributed by atoms with E-state index in [-0.39, 0.29) is 30.7 Å². The van der Waals surface area contributed by atoms with Crippen molar-refractivity contribution in [3.8, 4) is 11.5 Å². The highest BCUT2D eigenvalue weighted by Gasteiger charge is 2.39. The zero-order valence-electron chi connectivity index (χ0n) is 17.9. The smallest absolute Gasteiger partial charge is 0.257 e. The summed E-state index contributed by atoms with van der Waals surface area (Å²) < 4.78 is 11.4. The van der Waals surface area contributed by atoms with Crippen LogP contribution in [0.2, 0.25) is 5.02 Å². The molecule has 0 radical (unpaired) electrons. The SMILES string of the molecule is COc1ccc([C@@H](CC(N)=O)N2Cc3c(Cl)ccc(NC(=O)C4CC4)c3C2=O)cc1OCI. The first kappa shape index (κ1) is 23.6. The molecule has 2 aromatic carbocycles. The van der Waals surface area contributed by atoms with Crippen molar-refractivity contribution >= 4 is 57.6 Å². The number of nitrogens with zero attached hydrogens (tertiary/aromatic N) is 1. The Morgan fingerprint density at radius 3 is 2.67 bits per heavy atom. The van der Waals surface area contributed by atoms with Gasteiger partial charge >= 0.3 is 0 Å². The second kappa shape index (κ2) is 9.76. The fraction of sp³-hybridized carbons (Fsp3) is 0.348. The van der Waals surface area contributed by atoms with Crippen molar-refractivity contribution in [2.75, 3.05) is 17.0 Å². The van der Waals surface area contributed by atoms with Gasteiger partial charge in [-0.05, 0) is 65.3 Å². The molecular weight excluding hydrogens is 561 g/mol. The van der Waals surface area contributed by atoms with Crippen LogP contribution in [0.25, 0.3) is 0 Å². The van der Waals surface area contributed by atoms with Crippen LogP contribution in [0, 0.1) is 5.92 Å². The van der Waals surface area contributed by atoms with Crippen molar-refractivity contribution < 1.29 is 23.9 Å². The van der Waals surface area contributed by atoms with Gasteiger partial charge in [-0.15, -0.1) is 0 Å². The Kier molecular flexibility index (Phi) is 6.99. The van der Waals surface area contributed by atoms with Gasteiger partial charge in [-0.3, -0.25) is 14.4 Å². The lowest BCUT2D eigenvalue weighted by Crippen LogP contribution is -2.32. The highest BCUT2D eigenvalue weighted by atomic mass is 127. The Balaban J connectivity index is 1.71. The first-order valence-corrected chi connectivity index (χ1v) is 12.3. The molecule has 174 valence electrons. The molecule has 8 nitrogen and oxygen atoms in total. The number of nitrogens with one attached hydrogen (secondary N) is 1. The molecule has 1 saturated carbocycles. The van der Waals surface area contributed by atoms with Crippen LogP contribution >= 0.6 is 34.2 Å². The fourth-order valence-electron chi connectivity index (χ4n) is 4.01. The maximum absolute atomic E-state index is 13.6. The number of rotatable bonds is 9.